The van der Waals surface area contributed by atoms with Crippen molar-refractivity contribution in [3.05, 3.63) is 89.5 Å². The van der Waals surface area contributed by atoms with Crippen molar-refractivity contribution in [2.75, 3.05) is 30.3 Å². The molecule has 11 heteroatoms. The second-order valence-corrected chi connectivity index (χ2v) is 12.8. The third kappa shape index (κ3) is 9.86. The standard InChI is InChI=1S/C32H41N3O6S.ClH/c1-23(2)41-29-19-26(18-27(20-29)35-14-7-8-15-42(35,38)39)32(37)34-30(17-24-10-5-4-6-11-24)31(36)22-33-21-25-12-9-13-28(16-25)40-3;/h4-6,9-13,16,18-20,23,30-31,33,36H,7-8,14-15,17,21-22H2,1-3H3,(H,34,37);1H/t30-,31+;/m0./s1. The fourth-order valence-electron chi connectivity index (χ4n) is 4.97. The summed E-state index contributed by atoms with van der Waals surface area (Å²) in [5, 5.41) is 17.5. The molecule has 1 aliphatic heterocycles. The molecule has 3 N–H and O–H groups in total. The Labute approximate surface area is 261 Å². The monoisotopic (exact) mass is 631 g/mol. The molecule has 2 atom stereocenters. The molecule has 4 rings (SSSR count). The Bertz CT molecular complexity index is 1440. The summed E-state index contributed by atoms with van der Waals surface area (Å²) >= 11 is 0. The molecule has 1 aliphatic rings. The zero-order valence-corrected chi connectivity index (χ0v) is 26.5. The molecule has 0 radical (unpaired) electrons. The molecule has 234 valence electrons. The second kappa shape index (κ2) is 16.0. The number of nitrogens with one attached hydrogen (secondary N) is 2. The summed E-state index contributed by atoms with van der Waals surface area (Å²) in [6.45, 7) is 4.85. The summed E-state index contributed by atoms with van der Waals surface area (Å²) in [6, 6.07) is 21.6. The molecular weight excluding hydrogens is 590 g/mol. The normalized spacial score (nSPS) is 15.7. The zero-order chi connectivity index (χ0) is 30.1. The highest BCUT2D eigenvalue weighted by atomic mass is 35.5. The highest BCUT2D eigenvalue weighted by Crippen LogP contribution is 2.30. The van der Waals surface area contributed by atoms with Gasteiger partial charge in [-0.15, -0.1) is 12.4 Å². The molecule has 3 aromatic carbocycles. The second-order valence-electron chi connectivity index (χ2n) is 10.8. The number of aliphatic hydroxyl groups is 1. The first kappa shape index (κ1) is 34.2. The van der Waals surface area contributed by atoms with E-state index >= 15 is 0 Å². The minimum absolute atomic E-state index is 0. The molecule has 3 aromatic rings. The lowest BCUT2D eigenvalue weighted by Gasteiger charge is -2.29. The minimum Gasteiger partial charge on any atom is -0.497 e. The minimum atomic E-state index is -3.49. The molecule has 0 bridgehead atoms. The maximum absolute atomic E-state index is 13.7. The van der Waals surface area contributed by atoms with Crippen LogP contribution < -0.4 is 24.4 Å². The fourth-order valence-corrected chi connectivity index (χ4v) is 6.59. The van der Waals surface area contributed by atoms with Crippen molar-refractivity contribution in [1.82, 2.24) is 10.6 Å². The lowest BCUT2D eigenvalue weighted by Crippen LogP contribution is -2.48. The van der Waals surface area contributed by atoms with Gasteiger partial charge in [0.15, 0.2) is 0 Å². The smallest absolute Gasteiger partial charge is 0.251 e. The highest BCUT2D eigenvalue weighted by Gasteiger charge is 2.28. The van der Waals surface area contributed by atoms with Crippen LogP contribution in [0, 0.1) is 0 Å². The van der Waals surface area contributed by atoms with Crippen LogP contribution in [0.1, 0.15) is 48.2 Å². The van der Waals surface area contributed by atoms with Crippen molar-refractivity contribution >= 4 is 34.0 Å². The van der Waals surface area contributed by atoms with Crippen molar-refractivity contribution in [3.63, 3.8) is 0 Å². The van der Waals surface area contributed by atoms with Gasteiger partial charge in [0, 0.05) is 31.3 Å². The van der Waals surface area contributed by atoms with Crippen molar-refractivity contribution in [2.24, 2.45) is 0 Å². The Morgan fingerprint density at radius 3 is 2.42 bits per heavy atom. The lowest BCUT2D eigenvalue weighted by atomic mass is 10.00. The van der Waals surface area contributed by atoms with Gasteiger partial charge in [-0.1, -0.05) is 42.5 Å². The number of amides is 1. The van der Waals surface area contributed by atoms with Gasteiger partial charge >= 0.3 is 0 Å². The van der Waals surface area contributed by atoms with Gasteiger partial charge in [-0.05, 0) is 68.5 Å². The first-order valence-electron chi connectivity index (χ1n) is 14.3. The van der Waals surface area contributed by atoms with Crippen LogP contribution in [0.3, 0.4) is 0 Å². The number of hydrogen-bond donors (Lipinski definition) is 3. The predicted octanol–water partition coefficient (Wildman–Crippen LogP) is 4.33. The van der Waals surface area contributed by atoms with E-state index in [1.54, 1.807) is 25.3 Å². The van der Waals surface area contributed by atoms with Gasteiger partial charge in [0.05, 0.1) is 36.8 Å². The maximum atomic E-state index is 13.7. The Morgan fingerprint density at radius 1 is 0.977 bits per heavy atom. The van der Waals surface area contributed by atoms with Gasteiger partial charge in [0.2, 0.25) is 10.0 Å². The van der Waals surface area contributed by atoms with Crippen LogP contribution in [0.15, 0.2) is 72.8 Å². The molecule has 9 nitrogen and oxygen atoms in total. The van der Waals surface area contributed by atoms with E-state index in [9.17, 15) is 18.3 Å². The number of halogens is 1. The van der Waals surface area contributed by atoms with Crippen molar-refractivity contribution in [1.29, 1.82) is 0 Å². The van der Waals surface area contributed by atoms with Gasteiger partial charge in [-0.25, -0.2) is 8.42 Å². The SMILES string of the molecule is COc1cccc(CNC[C@@H](O)[C@H](Cc2ccccc2)NC(=O)c2cc(OC(C)C)cc(N3CCCCS3(=O)=O)c2)c1.Cl. The van der Waals surface area contributed by atoms with Gasteiger partial charge in [-0.2, -0.15) is 0 Å². The quantitative estimate of drug-likeness (QED) is 0.257. The van der Waals surface area contributed by atoms with E-state index in [1.165, 1.54) is 4.31 Å². The number of aliphatic hydroxyl groups excluding tert-OH is 1. The first-order chi connectivity index (χ1) is 20.1. The van der Waals surface area contributed by atoms with Crippen LogP contribution >= 0.6 is 12.4 Å². The zero-order valence-electron chi connectivity index (χ0n) is 24.9. The third-order valence-electron chi connectivity index (χ3n) is 7.06. The summed E-state index contributed by atoms with van der Waals surface area (Å²) in [6.07, 6.45) is 0.683. The lowest BCUT2D eigenvalue weighted by molar-refractivity contribution is 0.0829. The van der Waals surface area contributed by atoms with Crippen LogP contribution in [0.4, 0.5) is 5.69 Å². The summed E-state index contributed by atoms with van der Waals surface area (Å²) in [4.78, 5) is 13.7. The number of hydrogen-bond acceptors (Lipinski definition) is 7. The summed E-state index contributed by atoms with van der Waals surface area (Å²) in [5.74, 6) is 0.809. The summed E-state index contributed by atoms with van der Waals surface area (Å²) < 4.78 is 38.2. The van der Waals surface area contributed by atoms with E-state index in [1.807, 2.05) is 68.4 Å². The van der Waals surface area contributed by atoms with Crippen LogP contribution in [-0.2, 0) is 23.0 Å². The summed E-state index contributed by atoms with van der Waals surface area (Å²) in [7, 11) is -1.87. The highest BCUT2D eigenvalue weighted by molar-refractivity contribution is 7.92. The molecule has 1 fully saturated rings. The number of benzene rings is 3. The van der Waals surface area contributed by atoms with Crippen LogP contribution in [-0.4, -0.2) is 63.6 Å². The molecule has 1 amide bonds. The largest absolute Gasteiger partial charge is 0.497 e. The molecule has 0 aromatic heterocycles. The number of anilines is 1. The number of rotatable bonds is 13. The van der Waals surface area contributed by atoms with E-state index in [0.29, 0.717) is 37.4 Å². The van der Waals surface area contributed by atoms with Crippen molar-refractivity contribution < 1.29 is 27.8 Å². The molecule has 0 saturated carbocycles. The Morgan fingerprint density at radius 2 is 1.72 bits per heavy atom. The fraction of sp³-hybridized carbons (Fsp3) is 0.406. The Balaban J connectivity index is 0.00000506. The van der Waals surface area contributed by atoms with Gasteiger partial charge in [-0.3, -0.25) is 9.10 Å². The maximum Gasteiger partial charge on any atom is 0.251 e. The number of nitrogens with zero attached hydrogens (tertiary/aromatic N) is 1. The number of carbonyl (C=O) groups is 1. The number of methoxy groups -OCH3 is 1. The Hall–Kier alpha value is -3.31. The Kier molecular flexibility index (Phi) is 12.7. The van der Waals surface area contributed by atoms with Crippen LogP contribution in [0.25, 0.3) is 0 Å². The average Bonchev–Trinajstić information content (AvgIpc) is 2.96. The predicted molar refractivity (Wildman–Crippen MR) is 172 cm³/mol. The van der Waals surface area contributed by atoms with E-state index in [-0.39, 0.29) is 36.4 Å². The molecule has 0 spiro atoms. The topological polar surface area (TPSA) is 117 Å². The van der Waals surface area contributed by atoms with Crippen LogP contribution in [0.2, 0.25) is 0 Å². The number of sulfonamides is 1. The van der Waals surface area contributed by atoms with Gasteiger partial charge < -0.3 is 25.2 Å². The summed E-state index contributed by atoms with van der Waals surface area (Å²) in [5.41, 5.74) is 2.63. The third-order valence-corrected chi connectivity index (χ3v) is 8.93. The van der Waals surface area contributed by atoms with E-state index in [4.69, 9.17) is 9.47 Å². The van der Waals surface area contributed by atoms with Gasteiger partial charge in [0.25, 0.3) is 5.91 Å². The molecule has 1 heterocycles. The van der Waals surface area contributed by atoms with Crippen molar-refractivity contribution in [3.8, 4) is 11.5 Å². The van der Waals surface area contributed by atoms with Gasteiger partial charge in [0.1, 0.15) is 11.5 Å². The molecule has 0 unspecified atom stereocenters. The molecule has 43 heavy (non-hydrogen) atoms. The van der Waals surface area contributed by atoms with E-state index in [2.05, 4.69) is 10.6 Å². The van der Waals surface area contributed by atoms with Crippen LogP contribution in [0.5, 0.6) is 11.5 Å². The van der Waals surface area contributed by atoms with Crippen molar-refractivity contribution in [2.45, 2.75) is 57.9 Å². The first-order valence-corrected chi connectivity index (χ1v) is 15.9. The van der Waals surface area contributed by atoms with E-state index < -0.39 is 28.1 Å². The molecule has 1 saturated heterocycles. The molecular formula is C32H42ClN3O6S. The molecule has 0 aliphatic carbocycles. The van der Waals surface area contributed by atoms with E-state index in [0.717, 1.165) is 23.3 Å². The number of ether oxygens (including phenoxy) is 2. The average molecular weight is 632 g/mol. The number of carbonyl (C=O) groups excluding carboxylic acids is 1.